The van der Waals surface area contributed by atoms with E-state index in [0.29, 0.717) is 5.92 Å². The van der Waals surface area contributed by atoms with Crippen LogP contribution >= 0.6 is 0 Å². The summed E-state index contributed by atoms with van der Waals surface area (Å²) in [7, 11) is 1.72. The van der Waals surface area contributed by atoms with Gasteiger partial charge in [0, 0.05) is 30.6 Å². The van der Waals surface area contributed by atoms with Crippen LogP contribution < -0.4 is 4.74 Å². The van der Waals surface area contributed by atoms with Crippen molar-refractivity contribution in [1.29, 1.82) is 0 Å². The number of aromatic amines is 1. The number of hydrogen-bond donors (Lipinski definition) is 1. The van der Waals surface area contributed by atoms with Crippen LogP contribution in [0.5, 0.6) is 5.75 Å². The Morgan fingerprint density at radius 2 is 2.07 bits per heavy atom. The number of nitrogens with one attached hydrogen (secondary N) is 1. The average Bonchev–Trinajstić information content (AvgIpc) is 3.40. The van der Waals surface area contributed by atoms with Gasteiger partial charge in [-0.2, -0.15) is 10.2 Å². The van der Waals surface area contributed by atoms with Gasteiger partial charge in [-0.15, -0.1) is 0 Å². The summed E-state index contributed by atoms with van der Waals surface area (Å²) in [5.74, 6) is 1.48. The molecule has 1 aliphatic rings. The van der Waals surface area contributed by atoms with Crippen molar-refractivity contribution < 1.29 is 4.74 Å². The predicted molar refractivity (Wildman–Crippen MR) is 105 cm³/mol. The fourth-order valence-corrected chi connectivity index (χ4v) is 4.03. The van der Waals surface area contributed by atoms with Crippen molar-refractivity contribution in [2.75, 3.05) is 20.2 Å². The van der Waals surface area contributed by atoms with Gasteiger partial charge in [0.25, 0.3) is 0 Å². The number of benzene rings is 1. The molecule has 6 nitrogen and oxygen atoms in total. The molecule has 6 heteroatoms. The van der Waals surface area contributed by atoms with E-state index < -0.39 is 0 Å². The van der Waals surface area contributed by atoms with Crippen LogP contribution in [0.15, 0.2) is 42.9 Å². The first-order valence-electron chi connectivity index (χ1n) is 9.70. The van der Waals surface area contributed by atoms with E-state index in [4.69, 9.17) is 4.74 Å². The van der Waals surface area contributed by atoms with Crippen LogP contribution in [0.3, 0.4) is 0 Å². The number of likely N-dealkylation sites (tertiary alicyclic amines) is 1. The fraction of sp³-hybridized carbons (Fsp3) is 0.429. The minimum Gasteiger partial charge on any atom is -0.497 e. The highest BCUT2D eigenvalue weighted by Gasteiger charge is 2.24. The molecule has 27 heavy (non-hydrogen) atoms. The van der Waals surface area contributed by atoms with Crippen LogP contribution in [0.4, 0.5) is 0 Å². The van der Waals surface area contributed by atoms with Gasteiger partial charge in [-0.25, -0.2) is 4.68 Å². The highest BCUT2D eigenvalue weighted by Crippen LogP contribution is 2.30. The third-order valence-electron chi connectivity index (χ3n) is 5.56. The lowest BCUT2D eigenvalue weighted by molar-refractivity contribution is 0.202. The topological polar surface area (TPSA) is 59.0 Å². The molecule has 1 aliphatic heterocycles. The Bertz CT molecular complexity index is 863. The van der Waals surface area contributed by atoms with Crippen molar-refractivity contribution in [2.45, 2.75) is 38.6 Å². The normalized spacial score (nSPS) is 15.9. The Morgan fingerprint density at radius 1 is 1.22 bits per heavy atom. The van der Waals surface area contributed by atoms with Gasteiger partial charge in [0.05, 0.1) is 19.0 Å². The molecule has 3 heterocycles. The number of H-pyrrole nitrogens is 1. The van der Waals surface area contributed by atoms with Gasteiger partial charge in [0.2, 0.25) is 0 Å². The quantitative estimate of drug-likeness (QED) is 0.726. The number of methoxy groups -OCH3 is 1. The Kier molecular flexibility index (Phi) is 5.25. The molecule has 0 spiro atoms. The van der Waals surface area contributed by atoms with Crippen molar-refractivity contribution in [1.82, 2.24) is 24.9 Å². The molecular formula is C21H27N5O. The summed E-state index contributed by atoms with van der Waals surface area (Å²) in [4.78, 5) is 2.53. The summed E-state index contributed by atoms with van der Waals surface area (Å²) < 4.78 is 7.38. The third-order valence-corrected chi connectivity index (χ3v) is 5.56. The summed E-state index contributed by atoms with van der Waals surface area (Å²) in [5, 5.41) is 11.9. The molecule has 1 fully saturated rings. The van der Waals surface area contributed by atoms with E-state index in [1.165, 1.54) is 16.8 Å². The van der Waals surface area contributed by atoms with Gasteiger partial charge in [0.15, 0.2) is 0 Å². The molecule has 2 aromatic heterocycles. The Hall–Kier alpha value is -2.60. The smallest absolute Gasteiger partial charge is 0.119 e. The van der Waals surface area contributed by atoms with E-state index in [1.807, 2.05) is 35.4 Å². The summed E-state index contributed by atoms with van der Waals surface area (Å²) in [6, 6.07) is 8.17. The van der Waals surface area contributed by atoms with Gasteiger partial charge >= 0.3 is 0 Å². The summed E-state index contributed by atoms with van der Waals surface area (Å²) in [6.45, 7) is 5.27. The highest BCUT2D eigenvalue weighted by atomic mass is 16.5. The van der Waals surface area contributed by atoms with Crippen molar-refractivity contribution in [2.24, 2.45) is 0 Å². The van der Waals surface area contributed by atoms with Crippen LogP contribution in [0, 0.1) is 0 Å². The number of rotatable bonds is 6. The molecule has 0 aliphatic carbocycles. The highest BCUT2D eigenvalue weighted by molar-refractivity contribution is 5.45. The lowest BCUT2D eigenvalue weighted by atomic mass is 9.90. The van der Waals surface area contributed by atoms with E-state index in [9.17, 15) is 0 Å². The van der Waals surface area contributed by atoms with Gasteiger partial charge in [-0.1, -0.05) is 6.92 Å². The third kappa shape index (κ3) is 3.76. The van der Waals surface area contributed by atoms with Gasteiger partial charge < -0.3 is 4.74 Å². The van der Waals surface area contributed by atoms with Gasteiger partial charge in [-0.05, 0) is 67.7 Å². The standard InChI is InChI=1S/C21H27N5O/c1-3-16-14-22-24-21(16)17-7-11-25(12-8-17)15-18-13-19(27-2)5-6-20(18)26-10-4-9-23-26/h4-6,9-10,13-14,17H,3,7-8,11-12,15H2,1-2H3,(H,22,24). The molecule has 1 aromatic carbocycles. The lowest BCUT2D eigenvalue weighted by Crippen LogP contribution is -2.33. The van der Waals surface area contributed by atoms with E-state index >= 15 is 0 Å². The van der Waals surface area contributed by atoms with Crippen molar-refractivity contribution >= 4 is 0 Å². The second-order valence-electron chi connectivity index (χ2n) is 7.16. The maximum atomic E-state index is 5.45. The van der Waals surface area contributed by atoms with E-state index in [1.54, 1.807) is 7.11 Å². The SMILES string of the molecule is CCc1cn[nH]c1C1CCN(Cc2cc(OC)ccc2-n2cccn2)CC1. The molecule has 0 amide bonds. The molecule has 142 valence electrons. The van der Waals surface area contributed by atoms with Gasteiger partial charge in [-0.3, -0.25) is 10.00 Å². The molecule has 4 rings (SSSR count). The van der Waals surface area contributed by atoms with E-state index in [2.05, 4.69) is 39.3 Å². The average molecular weight is 365 g/mol. The van der Waals surface area contributed by atoms with Gasteiger partial charge in [0.1, 0.15) is 5.75 Å². The van der Waals surface area contributed by atoms with Crippen LogP contribution in [0.1, 0.15) is 42.5 Å². The number of hydrogen-bond acceptors (Lipinski definition) is 4. The number of aromatic nitrogens is 4. The maximum Gasteiger partial charge on any atom is 0.119 e. The monoisotopic (exact) mass is 365 g/mol. The minimum atomic E-state index is 0.592. The zero-order chi connectivity index (χ0) is 18.6. The second-order valence-corrected chi connectivity index (χ2v) is 7.16. The largest absolute Gasteiger partial charge is 0.497 e. The minimum absolute atomic E-state index is 0.592. The number of aryl methyl sites for hydroxylation is 1. The lowest BCUT2D eigenvalue weighted by Gasteiger charge is -2.32. The Labute approximate surface area is 160 Å². The molecule has 0 saturated carbocycles. The molecule has 1 saturated heterocycles. The first kappa shape index (κ1) is 17.8. The molecule has 0 unspecified atom stereocenters. The summed E-state index contributed by atoms with van der Waals surface area (Å²) in [5.41, 5.74) is 5.06. The van der Waals surface area contributed by atoms with Crippen LogP contribution in [-0.4, -0.2) is 45.1 Å². The molecule has 3 aromatic rings. The molecule has 0 bridgehead atoms. The first-order chi connectivity index (χ1) is 13.3. The number of piperidine rings is 1. The number of nitrogens with zero attached hydrogens (tertiary/aromatic N) is 4. The summed E-state index contributed by atoms with van der Waals surface area (Å²) >= 11 is 0. The zero-order valence-corrected chi connectivity index (χ0v) is 16.1. The van der Waals surface area contributed by atoms with Crippen molar-refractivity contribution in [3.63, 3.8) is 0 Å². The summed E-state index contributed by atoms with van der Waals surface area (Å²) in [6.07, 6.45) is 9.15. The van der Waals surface area contributed by atoms with Crippen LogP contribution in [0.2, 0.25) is 0 Å². The van der Waals surface area contributed by atoms with Crippen molar-refractivity contribution in [3.8, 4) is 11.4 Å². The predicted octanol–water partition coefficient (Wildman–Crippen LogP) is 3.55. The maximum absolute atomic E-state index is 5.45. The van der Waals surface area contributed by atoms with Crippen LogP contribution in [-0.2, 0) is 13.0 Å². The molecule has 0 radical (unpaired) electrons. The molecular weight excluding hydrogens is 338 g/mol. The first-order valence-corrected chi connectivity index (χ1v) is 9.70. The molecule has 1 N–H and O–H groups in total. The van der Waals surface area contributed by atoms with E-state index in [-0.39, 0.29) is 0 Å². The zero-order valence-electron chi connectivity index (χ0n) is 16.1. The van der Waals surface area contributed by atoms with Crippen LogP contribution in [0.25, 0.3) is 5.69 Å². The second kappa shape index (κ2) is 7.96. The Balaban J connectivity index is 1.47. The Morgan fingerprint density at radius 3 is 2.78 bits per heavy atom. The fourth-order valence-electron chi connectivity index (χ4n) is 4.03. The number of ether oxygens (including phenoxy) is 1. The van der Waals surface area contributed by atoms with E-state index in [0.717, 1.165) is 50.3 Å². The van der Waals surface area contributed by atoms with Crippen molar-refractivity contribution in [3.05, 3.63) is 59.7 Å². The molecule has 0 atom stereocenters.